The SMILES string of the molecule is CCNC(=NCC1(SC)CCOCC1)NC(C)c1cc(C)ccc1OC.I. The molecule has 1 aliphatic rings. The number of nitrogens with one attached hydrogen (secondary N) is 2. The lowest BCUT2D eigenvalue weighted by atomic mass is 9.99. The number of rotatable bonds is 7. The molecule has 0 bridgehead atoms. The Hall–Kier alpha value is -0.670. The molecular formula is C20H34IN3O2S. The number of thioether (sulfide) groups is 1. The lowest BCUT2D eigenvalue weighted by Crippen LogP contribution is -2.41. The number of hydrogen-bond acceptors (Lipinski definition) is 4. The number of ether oxygens (including phenoxy) is 2. The normalized spacial score (nSPS) is 17.6. The van der Waals surface area contributed by atoms with E-state index in [-0.39, 0.29) is 34.8 Å². The van der Waals surface area contributed by atoms with Crippen LogP contribution in [0.4, 0.5) is 0 Å². The molecule has 1 saturated heterocycles. The van der Waals surface area contributed by atoms with Gasteiger partial charge < -0.3 is 20.1 Å². The van der Waals surface area contributed by atoms with E-state index in [1.165, 1.54) is 5.56 Å². The second-order valence-electron chi connectivity index (χ2n) is 6.81. The van der Waals surface area contributed by atoms with Gasteiger partial charge in [0.05, 0.1) is 19.7 Å². The molecule has 2 rings (SSSR count). The quantitative estimate of drug-likeness (QED) is 0.330. The molecule has 1 heterocycles. The molecule has 27 heavy (non-hydrogen) atoms. The Morgan fingerprint density at radius 1 is 1.37 bits per heavy atom. The molecule has 1 unspecified atom stereocenters. The van der Waals surface area contributed by atoms with Crippen LogP contribution < -0.4 is 15.4 Å². The van der Waals surface area contributed by atoms with Crippen molar-refractivity contribution in [2.75, 3.05) is 39.7 Å². The first-order valence-corrected chi connectivity index (χ1v) is 10.6. The van der Waals surface area contributed by atoms with Crippen LogP contribution in [0.15, 0.2) is 23.2 Å². The maximum atomic E-state index is 5.53. The van der Waals surface area contributed by atoms with E-state index < -0.39 is 0 Å². The molecule has 1 atom stereocenters. The minimum absolute atomic E-state index is 0. The van der Waals surface area contributed by atoms with Crippen LogP contribution in [0.1, 0.15) is 43.9 Å². The highest BCUT2D eigenvalue weighted by Gasteiger charge is 2.31. The molecule has 1 aromatic rings. The fourth-order valence-corrected chi connectivity index (χ4v) is 3.96. The predicted molar refractivity (Wildman–Crippen MR) is 127 cm³/mol. The van der Waals surface area contributed by atoms with Gasteiger partial charge in [0, 0.05) is 30.1 Å². The topological polar surface area (TPSA) is 54.9 Å². The molecule has 2 N–H and O–H groups in total. The van der Waals surface area contributed by atoms with E-state index >= 15 is 0 Å². The highest BCUT2D eigenvalue weighted by molar-refractivity contribution is 14.0. The van der Waals surface area contributed by atoms with Crippen LogP contribution in [0.25, 0.3) is 0 Å². The zero-order valence-corrected chi connectivity index (χ0v) is 20.3. The van der Waals surface area contributed by atoms with Crippen molar-refractivity contribution in [3.05, 3.63) is 29.3 Å². The lowest BCUT2D eigenvalue weighted by Gasteiger charge is -2.34. The van der Waals surface area contributed by atoms with Crippen LogP contribution in [-0.4, -0.2) is 50.4 Å². The molecular weight excluding hydrogens is 473 g/mol. The van der Waals surface area contributed by atoms with Gasteiger partial charge in [-0.2, -0.15) is 11.8 Å². The van der Waals surface area contributed by atoms with E-state index in [1.54, 1.807) is 7.11 Å². The van der Waals surface area contributed by atoms with E-state index in [0.29, 0.717) is 0 Å². The van der Waals surface area contributed by atoms with Crippen molar-refractivity contribution in [2.45, 2.75) is 44.4 Å². The molecule has 0 aromatic heterocycles. The molecule has 5 nitrogen and oxygen atoms in total. The maximum Gasteiger partial charge on any atom is 0.191 e. The third-order valence-electron chi connectivity index (χ3n) is 4.91. The average molecular weight is 507 g/mol. The molecule has 1 aliphatic heterocycles. The van der Waals surface area contributed by atoms with Crippen molar-refractivity contribution >= 4 is 41.7 Å². The van der Waals surface area contributed by atoms with Crippen molar-refractivity contribution in [1.29, 1.82) is 0 Å². The van der Waals surface area contributed by atoms with Gasteiger partial charge in [0.15, 0.2) is 5.96 Å². The van der Waals surface area contributed by atoms with E-state index in [1.807, 2.05) is 17.8 Å². The monoisotopic (exact) mass is 507 g/mol. The number of halogens is 1. The molecule has 0 spiro atoms. The number of benzene rings is 1. The van der Waals surface area contributed by atoms with Crippen LogP contribution >= 0.6 is 35.7 Å². The summed E-state index contributed by atoms with van der Waals surface area (Å²) in [5.74, 6) is 1.75. The van der Waals surface area contributed by atoms with Gasteiger partial charge in [0.1, 0.15) is 5.75 Å². The zero-order chi connectivity index (χ0) is 19.0. The maximum absolute atomic E-state index is 5.53. The van der Waals surface area contributed by atoms with Crippen LogP contribution in [-0.2, 0) is 4.74 Å². The van der Waals surface area contributed by atoms with Crippen molar-refractivity contribution in [3.63, 3.8) is 0 Å². The minimum Gasteiger partial charge on any atom is -0.496 e. The molecule has 0 aliphatic carbocycles. The Morgan fingerprint density at radius 3 is 2.67 bits per heavy atom. The highest BCUT2D eigenvalue weighted by Crippen LogP contribution is 2.34. The Bertz CT molecular complexity index is 607. The average Bonchev–Trinajstić information content (AvgIpc) is 2.67. The first-order valence-electron chi connectivity index (χ1n) is 9.36. The zero-order valence-electron chi connectivity index (χ0n) is 17.1. The summed E-state index contributed by atoms with van der Waals surface area (Å²) in [5, 5.41) is 6.91. The summed E-state index contributed by atoms with van der Waals surface area (Å²) in [5.41, 5.74) is 2.36. The molecule has 154 valence electrons. The van der Waals surface area contributed by atoms with Crippen molar-refractivity contribution in [3.8, 4) is 5.75 Å². The second kappa shape index (κ2) is 12.0. The predicted octanol–water partition coefficient (Wildman–Crippen LogP) is 4.15. The Balaban J connectivity index is 0.00000364. The minimum atomic E-state index is 0. The summed E-state index contributed by atoms with van der Waals surface area (Å²) in [6, 6.07) is 6.36. The fourth-order valence-electron chi connectivity index (χ4n) is 3.19. The summed E-state index contributed by atoms with van der Waals surface area (Å²) in [7, 11) is 1.72. The van der Waals surface area contributed by atoms with Crippen LogP contribution in [0.5, 0.6) is 5.75 Å². The summed E-state index contributed by atoms with van der Waals surface area (Å²) in [6.07, 6.45) is 4.29. The van der Waals surface area contributed by atoms with Gasteiger partial charge in [-0.15, -0.1) is 24.0 Å². The van der Waals surface area contributed by atoms with Gasteiger partial charge in [-0.1, -0.05) is 17.7 Å². The highest BCUT2D eigenvalue weighted by atomic mass is 127. The van der Waals surface area contributed by atoms with E-state index in [0.717, 1.165) is 56.4 Å². The smallest absolute Gasteiger partial charge is 0.191 e. The third kappa shape index (κ3) is 7.02. The van der Waals surface area contributed by atoms with Crippen molar-refractivity contribution in [2.24, 2.45) is 4.99 Å². The fraction of sp³-hybridized carbons (Fsp3) is 0.650. The summed E-state index contributed by atoms with van der Waals surface area (Å²) >= 11 is 1.91. The summed E-state index contributed by atoms with van der Waals surface area (Å²) in [4.78, 5) is 4.90. The molecule has 0 amide bonds. The van der Waals surface area contributed by atoms with E-state index in [4.69, 9.17) is 14.5 Å². The summed E-state index contributed by atoms with van der Waals surface area (Å²) < 4.78 is 11.3. The van der Waals surface area contributed by atoms with E-state index in [9.17, 15) is 0 Å². The lowest BCUT2D eigenvalue weighted by molar-refractivity contribution is 0.0794. The van der Waals surface area contributed by atoms with Crippen LogP contribution in [0, 0.1) is 6.92 Å². The molecule has 1 aromatic carbocycles. The van der Waals surface area contributed by atoms with E-state index in [2.05, 4.69) is 49.8 Å². The molecule has 7 heteroatoms. The molecule has 1 fully saturated rings. The van der Waals surface area contributed by atoms with Gasteiger partial charge in [-0.3, -0.25) is 4.99 Å². The van der Waals surface area contributed by atoms with Crippen LogP contribution in [0.3, 0.4) is 0 Å². The standard InChI is InChI=1S/C20H33N3O2S.HI/c1-6-21-19(22-14-20(26-5)9-11-25-12-10-20)23-16(3)17-13-15(2)7-8-18(17)24-4;/h7-8,13,16H,6,9-12,14H2,1-5H3,(H2,21,22,23);1H. The number of nitrogens with zero attached hydrogens (tertiary/aromatic N) is 1. The number of aryl methyl sites for hydroxylation is 1. The number of methoxy groups -OCH3 is 1. The Morgan fingerprint density at radius 2 is 2.07 bits per heavy atom. The van der Waals surface area contributed by atoms with Crippen molar-refractivity contribution < 1.29 is 9.47 Å². The Kier molecular flexibility index (Phi) is 10.8. The van der Waals surface area contributed by atoms with Gasteiger partial charge in [-0.25, -0.2) is 0 Å². The largest absolute Gasteiger partial charge is 0.496 e. The first kappa shape index (κ1) is 24.4. The third-order valence-corrected chi connectivity index (χ3v) is 6.31. The number of guanidine groups is 1. The number of hydrogen-bond donors (Lipinski definition) is 2. The molecule has 0 radical (unpaired) electrons. The van der Waals surface area contributed by atoms with Gasteiger partial charge >= 0.3 is 0 Å². The van der Waals surface area contributed by atoms with Gasteiger partial charge in [-0.05, 0) is 45.9 Å². The first-order chi connectivity index (χ1) is 12.5. The number of aliphatic imine (C=N–C) groups is 1. The summed E-state index contributed by atoms with van der Waals surface area (Å²) in [6.45, 7) is 9.62. The second-order valence-corrected chi connectivity index (χ2v) is 8.08. The van der Waals surface area contributed by atoms with Gasteiger partial charge in [0.2, 0.25) is 0 Å². The van der Waals surface area contributed by atoms with Crippen molar-refractivity contribution in [1.82, 2.24) is 10.6 Å². The van der Waals surface area contributed by atoms with Gasteiger partial charge in [0.25, 0.3) is 0 Å². The molecule has 0 saturated carbocycles. The van der Waals surface area contributed by atoms with Crippen LogP contribution in [0.2, 0.25) is 0 Å². The Labute approximate surface area is 185 Å².